The van der Waals surface area contributed by atoms with Crippen LogP contribution in [0.3, 0.4) is 0 Å². The number of esters is 1. The predicted molar refractivity (Wildman–Crippen MR) is 110 cm³/mol. The molecule has 1 aliphatic heterocycles. The second kappa shape index (κ2) is 7.56. The molecule has 2 aromatic carbocycles. The molecule has 0 N–H and O–H groups in total. The van der Waals surface area contributed by atoms with Gasteiger partial charge in [0.25, 0.3) is 5.91 Å². The predicted octanol–water partition coefficient (Wildman–Crippen LogP) is 4.50. The van der Waals surface area contributed by atoms with Gasteiger partial charge < -0.3 is 9.64 Å². The molecule has 0 unspecified atom stereocenters. The quantitative estimate of drug-likeness (QED) is 0.616. The van der Waals surface area contributed by atoms with Crippen LogP contribution in [-0.2, 0) is 11.2 Å². The second-order valence-electron chi connectivity index (χ2n) is 6.65. The lowest BCUT2D eigenvalue weighted by Crippen LogP contribution is -2.36. The smallest absolute Gasteiger partial charge is 0.338 e. The molecule has 0 fully saturated rings. The third-order valence-corrected chi connectivity index (χ3v) is 6.11. The van der Waals surface area contributed by atoms with E-state index < -0.39 is 0 Å². The number of fused-ring (bicyclic) bond motifs is 1. The maximum atomic E-state index is 13.4. The fraction of sp³-hybridized carbons (Fsp3) is 0.227. The molecule has 0 bridgehead atoms. The second-order valence-corrected chi connectivity index (χ2v) is 7.65. The lowest BCUT2D eigenvalue weighted by molar-refractivity contribution is 0.0599. The Hall–Kier alpha value is -2.99. The average Bonchev–Trinajstić information content (AvgIpc) is 3.14. The summed E-state index contributed by atoms with van der Waals surface area (Å²) in [5.74, 6) is -0.438. The average molecular weight is 392 g/mol. The lowest BCUT2D eigenvalue weighted by Gasteiger charge is -2.30. The van der Waals surface area contributed by atoms with Crippen molar-refractivity contribution in [1.29, 1.82) is 0 Å². The van der Waals surface area contributed by atoms with Crippen LogP contribution in [0.25, 0.3) is 10.6 Å². The Bertz CT molecular complexity index is 1040. The summed E-state index contributed by atoms with van der Waals surface area (Å²) in [7, 11) is 1.37. The number of aromatic nitrogens is 1. The van der Waals surface area contributed by atoms with Gasteiger partial charge in [0.1, 0.15) is 9.88 Å². The third kappa shape index (κ3) is 3.20. The highest BCUT2D eigenvalue weighted by molar-refractivity contribution is 7.17. The Morgan fingerprint density at radius 3 is 2.64 bits per heavy atom. The number of methoxy groups -OCH3 is 1. The van der Waals surface area contributed by atoms with Crippen molar-refractivity contribution >= 4 is 28.9 Å². The highest BCUT2D eigenvalue weighted by Crippen LogP contribution is 2.34. The monoisotopic (exact) mass is 392 g/mol. The van der Waals surface area contributed by atoms with E-state index >= 15 is 0 Å². The van der Waals surface area contributed by atoms with E-state index in [9.17, 15) is 9.59 Å². The van der Waals surface area contributed by atoms with E-state index in [1.54, 1.807) is 17.0 Å². The van der Waals surface area contributed by atoms with Crippen LogP contribution in [0.5, 0.6) is 0 Å². The van der Waals surface area contributed by atoms with Crippen molar-refractivity contribution in [3.8, 4) is 10.6 Å². The molecule has 0 atom stereocenters. The van der Waals surface area contributed by atoms with Gasteiger partial charge in [-0.2, -0.15) is 0 Å². The Morgan fingerprint density at radius 2 is 1.89 bits per heavy atom. The van der Waals surface area contributed by atoms with E-state index in [2.05, 4.69) is 4.98 Å². The van der Waals surface area contributed by atoms with Crippen LogP contribution in [0, 0.1) is 6.92 Å². The largest absolute Gasteiger partial charge is 0.465 e. The third-order valence-electron chi connectivity index (χ3n) is 4.91. The fourth-order valence-electron chi connectivity index (χ4n) is 3.56. The van der Waals surface area contributed by atoms with E-state index in [0.717, 1.165) is 40.4 Å². The van der Waals surface area contributed by atoms with Crippen molar-refractivity contribution in [2.45, 2.75) is 19.8 Å². The summed E-state index contributed by atoms with van der Waals surface area (Å²) < 4.78 is 4.90. The zero-order valence-electron chi connectivity index (χ0n) is 15.8. The highest BCUT2D eigenvalue weighted by atomic mass is 32.1. The molecular formula is C22H20N2O3S. The number of thiazole rings is 1. The number of hydrogen-bond donors (Lipinski definition) is 0. The normalized spacial score (nSPS) is 13.1. The number of anilines is 1. The molecule has 2 heterocycles. The maximum absolute atomic E-state index is 13.4. The summed E-state index contributed by atoms with van der Waals surface area (Å²) in [6, 6.07) is 15.3. The summed E-state index contributed by atoms with van der Waals surface area (Å²) in [4.78, 5) is 32.5. The fourth-order valence-corrected chi connectivity index (χ4v) is 4.58. The Kier molecular flexibility index (Phi) is 4.96. The van der Waals surface area contributed by atoms with E-state index in [-0.39, 0.29) is 11.9 Å². The van der Waals surface area contributed by atoms with E-state index in [0.29, 0.717) is 17.0 Å². The van der Waals surface area contributed by atoms with E-state index in [4.69, 9.17) is 4.74 Å². The number of hydrogen-bond acceptors (Lipinski definition) is 5. The van der Waals surface area contributed by atoms with Gasteiger partial charge in [0, 0.05) is 17.8 Å². The molecule has 3 aromatic rings. The van der Waals surface area contributed by atoms with Gasteiger partial charge in [0.2, 0.25) is 0 Å². The van der Waals surface area contributed by atoms with E-state index in [1.165, 1.54) is 18.4 Å². The van der Waals surface area contributed by atoms with Crippen molar-refractivity contribution in [1.82, 2.24) is 4.98 Å². The van der Waals surface area contributed by atoms with Crippen LogP contribution in [-0.4, -0.2) is 30.5 Å². The molecule has 0 radical (unpaired) electrons. The summed E-state index contributed by atoms with van der Waals surface area (Å²) in [6.45, 7) is 2.49. The molecule has 0 aliphatic carbocycles. The van der Waals surface area contributed by atoms with Crippen LogP contribution >= 0.6 is 11.3 Å². The van der Waals surface area contributed by atoms with Gasteiger partial charge in [0.15, 0.2) is 0 Å². The first kappa shape index (κ1) is 18.4. The van der Waals surface area contributed by atoms with Gasteiger partial charge >= 0.3 is 5.97 Å². The van der Waals surface area contributed by atoms with Crippen LogP contribution in [0.4, 0.5) is 5.69 Å². The van der Waals surface area contributed by atoms with Gasteiger partial charge in [0.05, 0.1) is 18.4 Å². The minimum Gasteiger partial charge on any atom is -0.465 e. The highest BCUT2D eigenvalue weighted by Gasteiger charge is 2.29. The SMILES string of the molecule is COC(=O)c1cccc2c1CCCN2C(=O)c1sc(-c2ccccc2)nc1C. The van der Waals surface area contributed by atoms with Gasteiger partial charge in [-0.15, -0.1) is 11.3 Å². The molecule has 1 amide bonds. The minimum atomic E-state index is -0.369. The molecule has 0 saturated heterocycles. The zero-order chi connectivity index (χ0) is 19.7. The Balaban J connectivity index is 1.71. The molecule has 1 aliphatic rings. The van der Waals surface area contributed by atoms with Gasteiger partial charge in [-0.05, 0) is 37.5 Å². The number of aryl methyl sites for hydroxylation is 1. The number of benzene rings is 2. The molecule has 6 heteroatoms. The van der Waals surface area contributed by atoms with Crippen LogP contribution in [0.15, 0.2) is 48.5 Å². The van der Waals surface area contributed by atoms with Crippen molar-refractivity contribution < 1.29 is 14.3 Å². The van der Waals surface area contributed by atoms with Crippen molar-refractivity contribution in [3.05, 3.63) is 70.2 Å². The number of ether oxygens (including phenoxy) is 1. The number of carbonyl (C=O) groups excluding carboxylic acids is 2. The summed E-state index contributed by atoms with van der Waals surface area (Å²) >= 11 is 1.41. The van der Waals surface area contributed by atoms with Gasteiger partial charge in [-0.3, -0.25) is 4.79 Å². The standard InChI is InChI=1S/C22H20N2O3S/c1-14-19(28-20(23-14)15-8-4-3-5-9-15)21(25)24-13-7-11-16-17(22(26)27-2)10-6-12-18(16)24/h3-6,8-10,12H,7,11,13H2,1-2H3. The Labute approximate surface area is 167 Å². The molecule has 142 valence electrons. The summed E-state index contributed by atoms with van der Waals surface area (Å²) in [6.07, 6.45) is 1.55. The van der Waals surface area contributed by atoms with Gasteiger partial charge in [-0.1, -0.05) is 36.4 Å². The van der Waals surface area contributed by atoms with Gasteiger partial charge in [-0.25, -0.2) is 9.78 Å². The number of carbonyl (C=O) groups is 2. The molecule has 0 spiro atoms. The van der Waals surface area contributed by atoms with Crippen molar-refractivity contribution in [3.63, 3.8) is 0 Å². The Morgan fingerprint density at radius 1 is 1.11 bits per heavy atom. The molecule has 1 aromatic heterocycles. The minimum absolute atomic E-state index is 0.0693. The first-order valence-corrected chi connectivity index (χ1v) is 9.96. The molecule has 5 nitrogen and oxygen atoms in total. The number of amides is 1. The lowest BCUT2D eigenvalue weighted by atomic mass is 9.96. The number of rotatable bonds is 3. The first-order chi connectivity index (χ1) is 13.6. The van der Waals surface area contributed by atoms with E-state index in [1.807, 2.05) is 43.3 Å². The molecular weight excluding hydrogens is 372 g/mol. The molecule has 4 rings (SSSR count). The molecule has 0 saturated carbocycles. The van der Waals surface area contributed by atoms with Crippen molar-refractivity contribution in [2.75, 3.05) is 18.6 Å². The first-order valence-electron chi connectivity index (χ1n) is 9.15. The summed E-state index contributed by atoms with van der Waals surface area (Å²) in [5, 5.41) is 0.835. The van der Waals surface area contributed by atoms with Crippen LogP contribution in [0.1, 0.15) is 37.7 Å². The van der Waals surface area contributed by atoms with Crippen molar-refractivity contribution in [2.24, 2.45) is 0 Å². The number of nitrogens with zero attached hydrogens (tertiary/aromatic N) is 2. The zero-order valence-corrected chi connectivity index (χ0v) is 16.6. The maximum Gasteiger partial charge on any atom is 0.338 e. The van der Waals surface area contributed by atoms with Crippen LogP contribution in [0.2, 0.25) is 0 Å². The summed E-state index contributed by atoms with van der Waals surface area (Å²) in [5.41, 5.74) is 3.92. The topological polar surface area (TPSA) is 59.5 Å². The molecule has 28 heavy (non-hydrogen) atoms. The van der Waals surface area contributed by atoms with Crippen LogP contribution < -0.4 is 4.90 Å².